The first-order valence-electron chi connectivity index (χ1n) is 11.5. The first-order chi connectivity index (χ1) is 15.9. The molecule has 0 bridgehead atoms. The second-order valence-electron chi connectivity index (χ2n) is 9.20. The Morgan fingerprint density at radius 2 is 1.63 bits per heavy atom. The Bertz CT molecular complexity index is 880. The maximum atomic E-state index is 13.3. The average Bonchev–Trinajstić information content (AvgIpc) is 2.76. The highest BCUT2D eigenvalue weighted by atomic mass is 35.5. The molecule has 0 spiro atoms. The number of hydrogen-bond acceptors (Lipinski definition) is 8. The van der Waals surface area contributed by atoms with Gasteiger partial charge in [0.2, 0.25) is 11.8 Å². The summed E-state index contributed by atoms with van der Waals surface area (Å²) in [7, 11) is 0. The lowest BCUT2D eigenvalue weighted by molar-refractivity contribution is -0.384. The molecule has 0 aromatic heterocycles. The van der Waals surface area contributed by atoms with Crippen LogP contribution in [0.15, 0.2) is 18.2 Å². The van der Waals surface area contributed by atoms with E-state index in [1.807, 2.05) is 13.8 Å². The van der Waals surface area contributed by atoms with Crippen LogP contribution >= 0.6 is 12.4 Å². The number of ketones is 1. The molecule has 3 atom stereocenters. The molecule has 8 N–H and O–H groups in total. The number of nitrogen functional groups attached to an aromatic ring is 1. The quantitative estimate of drug-likeness (QED) is 0.0814. The van der Waals surface area contributed by atoms with E-state index in [1.165, 1.54) is 12.1 Å². The highest BCUT2D eigenvalue weighted by molar-refractivity contribution is 6.06. The van der Waals surface area contributed by atoms with Gasteiger partial charge in [-0.1, -0.05) is 27.7 Å². The van der Waals surface area contributed by atoms with Crippen molar-refractivity contribution in [3.05, 3.63) is 33.9 Å². The molecule has 0 radical (unpaired) electrons. The number of nitro groups is 1. The molecular weight excluding hydrogens is 476 g/mol. The van der Waals surface area contributed by atoms with E-state index in [2.05, 4.69) is 10.6 Å². The van der Waals surface area contributed by atoms with Gasteiger partial charge in [0, 0.05) is 23.4 Å². The van der Waals surface area contributed by atoms with Gasteiger partial charge < -0.3 is 27.8 Å². The molecule has 1 unspecified atom stereocenters. The van der Waals surface area contributed by atoms with Crippen LogP contribution in [0.3, 0.4) is 0 Å². The lowest BCUT2D eigenvalue weighted by Crippen LogP contribution is -2.55. The fourth-order valence-electron chi connectivity index (χ4n) is 3.37. The normalized spacial score (nSPS) is 13.5. The number of benzene rings is 1. The van der Waals surface area contributed by atoms with E-state index < -0.39 is 40.6 Å². The van der Waals surface area contributed by atoms with E-state index in [0.29, 0.717) is 25.8 Å². The molecule has 1 rings (SSSR count). The van der Waals surface area contributed by atoms with Gasteiger partial charge in [-0.15, -0.1) is 12.4 Å². The number of hydrogen-bond donors (Lipinski definition) is 5. The number of nitro benzene ring substituents is 1. The standard InChI is InChI=1S/C23H38N6O5.ClH/c1-13(2)11-19(28-23(32)20(26)14(3)4)22(31)27-18(7-5-6-10-24)21(30)16-12-15(29(33)34)8-9-17(16)25;/h8-9,12-14,18-20H,5-7,10-11,24-26H2,1-4H3,(H,27,31)(H,28,32);1H/t18?,19-,20+;/m0./s1. The number of carbonyl (C=O) groups excluding carboxylic acids is 3. The van der Waals surface area contributed by atoms with E-state index in [0.717, 1.165) is 6.07 Å². The van der Waals surface area contributed by atoms with Crippen LogP contribution < -0.4 is 27.8 Å². The molecule has 0 fully saturated rings. The van der Waals surface area contributed by atoms with Gasteiger partial charge in [-0.05, 0) is 50.1 Å². The zero-order chi connectivity index (χ0) is 26.0. The predicted molar refractivity (Wildman–Crippen MR) is 138 cm³/mol. The van der Waals surface area contributed by atoms with Gasteiger partial charge >= 0.3 is 0 Å². The summed E-state index contributed by atoms with van der Waals surface area (Å²) in [5, 5.41) is 16.6. The Labute approximate surface area is 212 Å². The SMILES string of the molecule is CC(C)C[C@H](NC(=O)[C@H](N)C(C)C)C(=O)NC(CCCCN)C(=O)c1cc([N+](=O)[O-])ccc1N.Cl. The van der Waals surface area contributed by atoms with Gasteiger partial charge in [0.05, 0.1) is 17.0 Å². The first-order valence-corrected chi connectivity index (χ1v) is 11.5. The van der Waals surface area contributed by atoms with Crippen molar-refractivity contribution < 1.29 is 19.3 Å². The zero-order valence-electron chi connectivity index (χ0n) is 20.8. The highest BCUT2D eigenvalue weighted by Gasteiger charge is 2.30. The van der Waals surface area contributed by atoms with Crippen molar-refractivity contribution in [3.8, 4) is 0 Å². The van der Waals surface area contributed by atoms with Crippen LogP contribution in [0.5, 0.6) is 0 Å². The Kier molecular flexibility index (Phi) is 14.1. The zero-order valence-corrected chi connectivity index (χ0v) is 21.6. The molecule has 11 nitrogen and oxygen atoms in total. The number of rotatable bonds is 14. The Morgan fingerprint density at radius 3 is 2.14 bits per heavy atom. The van der Waals surface area contributed by atoms with Gasteiger partial charge in [-0.25, -0.2) is 0 Å². The lowest BCUT2D eigenvalue weighted by Gasteiger charge is -2.26. The van der Waals surface area contributed by atoms with Crippen molar-refractivity contribution in [2.45, 2.75) is 71.5 Å². The van der Waals surface area contributed by atoms with Gasteiger partial charge in [-0.2, -0.15) is 0 Å². The number of anilines is 1. The van der Waals surface area contributed by atoms with E-state index in [-0.39, 0.29) is 47.6 Å². The number of non-ortho nitro benzene ring substituents is 1. The molecule has 0 aliphatic heterocycles. The van der Waals surface area contributed by atoms with E-state index in [4.69, 9.17) is 17.2 Å². The smallest absolute Gasteiger partial charge is 0.270 e. The topological polar surface area (TPSA) is 196 Å². The predicted octanol–water partition coefficient (Wildman–Crippen LogP) is 1.91. The summed E-state index contributed by atoms with van der Waals surface area (Å²) < 4.78 is 0. The van der Waals surface area contributed by atoms with Crippen molar-refractivity contribution in [1.82, 2.24) is 10.6 Å². The largest absolute Gasteiger partial charge is 0.398 e. The number of nitrogens with one attached hydrogen (secondary N) is 2. The third-order valence-electron chi connectivity index (χ3n) is 5.45. The average molecular weight is 515 g/mol. The van der Waals surface area contributed by atoms with Crippen LogP contribution in [0.25, 0.3) is 0 Å². The number of amides is 2. The molecule has 1 aromatic rings. The number of carbonyl (C=O) groups is 3. The van der Waals surface area contributed by atoms with E-state index in [9.17, 15) is 24.5 Å². The summed E-state index contributed by atoms with van der Waals surface area (Å²) in [6.45, 7) is 7.83. The van der Waals surface area contributed by atoms with Gasteiger partial charge in [-0.3, -0.25) is 24.5 Å². The molecule has 2 amide bonds. The highest BCUT2D eigenvalue weighted by Crippen LogP contribution is 2.22. The molecule has 12 heteroatoms. The number of nitrogens with zero attached hydrogens (tertiary/aromatic N) is 1. The Hall–Kier alpha value is -2.76. The van der Waals surface area contributed by atoms with E-state index >= 15 is 0 Å². The molecular formula is C23H39ClN6O5. The second kappa shape index (κ2) is 15.3. The third kappa shape index (κ3) is 10.2. The maximum absolute atomic E-state index is 13.3. The summed E-state index contributed by atoms with van der Waals surface area (Å²) >= 11 is 0. The van der Waals surface area contributed by atoms with E-state index in [1.54, 1.807) is 13.8 Å². The van der Waals surface area contributed by atoms with Crippen LogP contribution in [0.2, 0.25) is 0 Å². The molecule has 0 aliphatic rings. The summed E-state index contributed by atoms with van der Waals surface area (Å²) in [6.07, 6.45) is 1.77. The fourth-order valence-corrected chi connectivity index (χ4v) is 3.37. The minimum atomic E-state index is -0.992. The molecule has 1 aromatic carbocycles. The van der Waals surface area contributed by atoms with Crippen LogP contribution in [-0.4, -0.2) is 47.2 Å². The summed E-state index contributed by atoms with van der Waals surface area (Å²) in [5.74, 6) is -1.58. The van der Waals surface area contributed by atoms with Crippen molar-refractivity contribution in [1.29, 1.82) is 0 Å². The van der Waals surface area contributed by atoms with Gasteiger partial charge in [0.15, 0.2) is 5.78 Å². The molecule has 35 heavy (non-hydrogen) atoms. The van der Waals surface area contributed by atoms with Gasteiger partial charge in [0.25, 0.3) is 5.69 Å². The first kappa shape index (κ1) is 32.2. The minimum absolute atomic E-state index is 0. The third-order valence-corrected chi connectivity index (χ3v) is 5.45. The maximum Gasteiger partial charge on any atom is 0.270 e. The van der Waals surface area contributed by atoms with Gasteiger partial charge in [0.1, 0.15) is 6.04 Å². The van der Waals surface area contributed by atoms with Crippen molar-refractivity contribution >= 4 is 41.4 Å². The summed E-state index contributed by atoms with van der Waals surface area (Å²) in [5.41, 5.74) is 17.2. The van der Waals surface area contributed by atoms with Crippen molar-refractivity contribution in [2.75, 3.05) is 12.3 Å². The molecule has 0 heterocycles. The van der Waals surface area contributed by atoms with Crippen LogP contribution in [0, 0.1) is 22.0 Å². The second-order valence-corrected chi connectivity index (χ2v) is 9.20. The van der Waals surface area contributed by atoms with Crippen LogP contribution in [0.4, 0.5) is 11.4 Å². The number of halogens is 1. The molecule has 0 aliphatic carbocycles. The Morgan fingerprint density at radius 1 is 1.03 bits per heavy atom. The van der Waals surface area contributed by atoms with Crippen molar-refractivity contribution in [2.24, 2.45) is 23.3 Å². The molecule has 0 saturated carbocycles. The van der Waals surface area contributed by atoms with Crippen molar-refractivity contribution in [3.63, 3.8) is 0 Å². The monoisotopic (exact) mass is 514 g/mol. The number of Topliss-reactive ketones (excluding diaryl/α,β-unsaturated/α-hetero) is 1. The summed E-state index contributed by atoms with van der Waals surface area (Å²) in [4.78, 5) is 49.5. The minimum Gasteiger partial charge on any atom is -0.398 e. The number of nitrogens with two attached hydrogens (primary N) is 3. The van der Waals surface area contributed by atoms with Crippen LogP contribution in [0.1, 0.15) is 63.7 Å². The Balaban J connectivity index is 0.0000116. The fraction of sp³-hybridized carbons (Fsp3) is 0.609. The lowest BCUT2D eigenvalue weighted by atomic mass is 9.96. The summed E-state index contributed by atoms with van der Waals surface area (Å²) in [6, 6.07) is 0.932. The number of unbranched alkanes of at least 4 members (excludes halogenated alkanes) is 1. The molecule has 0 saturated heterocycles. The molecule has 198 valence electrons. The van der Waals surface area contributed by atoms with Crippen LogP contribution in [-0.2, 0) is 9.59 Å².